The van der Waals surface area contributed by atoms with E-state index in [0.29, 0.717) is 12.1 Å². The molecule has 2 aromatic rings. The van der Waals surface area contributed by atoms with Gasteiger partial charge in [0.25, 0.3) is 0 Å². The minimum absolute atomic E-state index is 0.334. The van der Waals surface area contributed by atoms with Crippen molar-refractivity contribution in [3.63, 3.8) is 0 Å². The fourth-order valence-electron chi connectivity index (χ4n) is 3.07. The van der Waals surface area contributed by atoms with Crippen LogP contribution in [0.2, 0.25) is 0 Å². The Kier molecular flexibility index (Phi) is 5.12. The minimum Gasteiger partial charge on any atom is -0.490 e. The second-order valence-electron chi connectivity index (χ2n) is 6.15. The number of rotatable bonds is 6. The Balaban J connectivity index is 1.62. The second kappa shape index (κ2) is 7.46. The summed E-state index contributed by atoms with van der Waals surface area (Å²) in [5.41, 5.74) is 2.56. The summed E-state index contributed by atoms with van der Waals surface area (Å²) in [6, 6.07) is 19.3. The SMILES string of the molecule is C[C@H](NCc1ccccc1OC1CCCC1)c1ccccc1. The molecule has 0 heterocycles. The average Bonchev–Trinajstić information content (AvgIpc) is 3.07. The molecule has 2 heteroatoms. The smallest absolute Gasteiger partial charge is 0.124 e. The van der Waals surface area contributed by atoms with E-state index >= 15 is 0 Å². The fraction of sp³-hybridized carbons (Fsp3) is 0.400. The number of benzene rings is 2. The van der Waals surface area contributed by atoms with Crippen molar-refractivity contribution in [1.29, 1.82) is 0 Å². The number of hydrogen-bond acceptors (Lipinski definition) is 2. The van der Waals surface area contributed by atoms with Gasteiger partial charge in [0.15, 0.2) is 0 Å². The summed E-state index contributed by atoms with van der Waals surface area (Å²) in [7, 11) is 0. The van der Waals surface area contributed by atoms with E-state index in [4.69, 9.17) is 4.74 Å². The summed E-state index contributed by atoms with van der Waals surface area (Å²) in [5, 5.41) is 3.60. The van der Waals surface area contributed by atoms with Crippen LogP contribution in [0.3, 0.4) is 0 Å². The van der Waals surface area contributed by atoms with Gasteiger partial charge in [0.2, 0.25) is 0 Å². The summed E-state index contributed by atoms with van der Waals surface area (Å²) in [6.45, 7) is 3.04. The summed E-state index contributed by atoms with van der Waals surface area (Å²) < 4.78 is 6.20. The summed E-state index contributed by atoms with van der Waals surface area (Å²) in [6.07, 6.45) is 5.41. The normalized spacial score (nSPS) is 16.6. The predicted molar refractivity (Wildman–Crippen MR) is 91.0 cm³/mol. The van der Waals surface area contributed by atoms with Gasteiger partial charge in [0.05, 0.1) is 6.10 Å². The molecule has 22 heavy (non-hydrogen) atoms. The summed E-state index contributed by atoms with van der Waals surface area (Å²) in [4.78, 5) is 0. The third kappa shape index (κ3) is 3.89. The molecule has 1 aliphatic carbocycles. The van der Waals surface area contributed by atoms with Gasteiger partial charge in [-0.2, -0.15) is 0 Å². The predicted octanol–water partition coefficient (Wildman–Crippen LogP) is 4.86. The zero-order valence-corrected chi connectivity index (χ0v) is 13.3. The van der Waals surface area contributed by atoms with E-state index in [1.165, 1.54) is 36.8 Å². The molecular weight excluding hydrogens is 270 g/mol. The van der Waals surface area contributed by atoms with Crippen LogP contribution in [0.4, 0.5) is 0 Å². The highest BCUT2D eigenvalue weighted by molar-refractivity contribution is 5.33. The lowest BCUT2D eigenvalue weighted by Gasteiger charge is -2.19. The molecule has 0 spiro atoms. The molecule has 1 fully saturated rings. The molecule has 0 aliphatic heterocycles. The lowest BCUT2D eigenvalue weighted by atomic mass is 10.1. The van der Waals surface area contributed by atoms with Crippen molar-refractivity contribution in [3.05, 3.63) is 65.7 Å². The highest BCUT2D eigenvalue weighted by Crippen LogP contribution is 2.27. The molecule has 0 unspecified atom stereocenters. The van der Waals surface area contributed by atoms with Crippen LogP contribution in [0.5, 0.6) is 5.75 Å². The van der Waals surface area contributed by atoms with E-state index in [1.807, 2.05) is 0 Å². The van der Waals surface area contributed by atoms with Crippen LogP contribution in [-0.2, 0) is 6.54 Å². The molecule has 2 nitrogen and oxygen atoms in total. The van der Waals surface area contributed by atoms with Crippen LogP contribution in [0.15, 0.2) is 54.6 Å². The third-order valence-corrected chi connectivity index (χ3v) is 4.47. The van der Waals surface area contributed by atoms with Crippen LogP contribution in [0.25, 0.3) is 0 Å². The Morgan fingerprint density at radius 2 is 1.68 bits per heavy atom. The van der Waals surface area contributed by atoms with Crippen molar-refractivity contribution in [2.75, 3.05) is 0 Å². The van der Waals surface area contributed by atoms with Crippen LogP contribution in [0.1, 0.15) is 49.8 Å². The maximum Gasteiger partial charge on any atom is 0.124 e. The van der Waals surface area contributed by atoms with Crippen LogP contribution in [0, 0.1) is 0 Å². The maximum absolute atomic E-state index is 6.20. The van der Waals surface area contributed by atoms with Crippen molar-refractivity contribution in [1.82, 2.24) is 5.32 Å². The molecule has 0 aromatic heterocycles. The highest BCUT2D eigenvalue weighted by Gasteiger charge is 2.17. The van der Waals surface area contributed by atoms with Crippen LogP contribution < -0.4 is 10.1 Å². The first-order chi connectivity index (χ1) is 10.8. The molecule has 1 saturated carbocycles. The minimum atomic E-state index is 0.334. The van der Waals surface area contributed by atoms with Crippen molar-refractivity contribution in [2.45, 2.75) is 51.3 Å². The van der Waals surface area contributed by atoms with Gasteiger partial charge in [-0.15, -0.1) is 0 Å². The highest BCUT2D eigenvalue weighted by atomic mass is 16.5. The van der Waals surface area contributed by atoms with Gasteiger partial charge >= 0.3 is 0 Å². The van der Waals surface area contributed by atoms with Crippen molar-refractivity contribution >= 4 is 0 Å². The van der Waals surface area contributed by atoms with E-state index in [2.05, 4.69) is 66.8 Å². The maximum atomic E-state index is 6.20. The molecule has 0 saturated heterocycles. The molecule has 116 valence electrons. The van der Waals surface area contributed by atoms with E-state index in [-0.39, 0.29) is 0 Å². The zero-order valence-electron chi connectivity index (χ0n) is 13.3. The lowest BCUT2D eigenvalue weighted by molar-refractivity contribution is 0.207. The van der Waals surface area contributed by atoms with E-state index < -0.39 is 0 Å². The molecule has 1 N–H and O–H groups in total. The van der Waals surface area contributed by atoms with Gasteiger partial charge < -0.3 is 10.1 Å². The zero-order chi connectivity index (χ0) is 15.2. The molecule has 0 amide bonds. The third-order valence-electron chi connectivity index (χ3n) is 4.47. The molecule has 2 aromatic carbocycles. The number of para-hydroxylation sites is 1. The second-order valence-corrected chi connectivity index (χ2v) is 6.15. The molecule has 1 aliphatic rings. The van der Waals surface area contributed by atoms with E-state index in [0.717, 1.165) is 12.3 Å². The number of nitrogens with one attached hydrogen (secondary N) is 1. The van der Waals surface area contributed by atoms with Crippen molar-refractivity contribution < 1.29 is 4.74 Å². The average molecular weight is 295 g/mol. The van der Waals surface area contributed by atoms with Gasteiger partial charge in [-0.1, -0.05) is 48.5 Å². The van der Waals surface area contributed by atoms with Gasteiger partial charge in [0, 0.05) is 18.2 Å². The Hall–Kier alpha value is -1.80. The van der Waals surface area contributed by atoms with E-state index in [1.54, 1.807) is 0 Å². The standard InChI is InChI=1S/C20H25NO/c1-16(17-9-3-2-4-10-17)21-15-18-11-5-8-14-20(18)22-19-12-6-7-13-19/h2-5,8-11,14,16,19,21H,6-7,12-13,15H2,1H3/t16-/m0/s1. The van der Waals surface area contributed by atoms with Crippen LogP contribution in [-0.4, -0.2) is 6.10 Å². The molecule has 1 atom stereocenters. The summed E-state index contributed by atoms with van der Waals surface area (Å²) >= 11 is 0. The fourth-order valence-corrected chi connectivity index (χ4v) is 3.07. The van der Waals surface area contributed by atoms with Crippen molar-refractivity contribution in [3.8, 4) is 5.75 Å². The Morgan fingerprint density at radius 1 is 1.00 bits per heavy atom. The molecule has 3 rings (SSSR count). The first kappa shape index (κ1) is 15.1. The van der Waals surface area contributed by atoms with Crippen molar-refractivity contribution in [2.24, 2.45) is 0 Å². The molecular formula is C20H25NO. The Morgan fingerprint density at radius 3 is 2.45 bits per heavy atom. The quantitative estimate of drug-likeness (QED) is 0.822. The summed E-state index contributed by atoms with van der Waals surface area (Å²) in [5.74, 6) is 1.04. The molecule has 0 bridgehead atoms. The first-order valence-electron chi connectivity index (χ1n) is 8.36. The van der Waals surface area contributed by atoms with Gasteiger partial charge in [-0.25, -0.2) is 0 Å². The van der Waals surface area contributed by atoms with Gasteiger partial charge in [-0.3, -0.25) is 0 Å². The largest absolute Gasteiger partial charge is 0.490 e. The monoisotopic (exact) mass is 295 g/mol. The Bertz CT molecular complexity index is 575. The van der Waals surface area contributed by atoms with E-state index in [9.17, 15) is 0 Å². The molecule has 0 radical (unpaired) electrons. The first-order valence-corrected chi connectivity index (χ1v) is 8.36. The van der Waals surface area contributed by atoms with Crippen LogP contribution >= 0.6 is 0 Å². The number of ether oxygens (including phenoxy) is 1. The lowest BCUT2D eigenvalue weighted by Crippen LogP contribution is -2.19. The number of hydrogen-bond donors (Lipinski definition) is 1. The van der Waals surface area contributed by atoms with Gasteiger partial charge in [-0.05, 0) is 44.2 Å². The Labute approximate surface area is 133 Å². The van der Waals surface area contributed by atoms with Gasteiger partial charge in [0.1, 0.15) is 5.75 Å². The topological polar surface area (TPSA) is 21.3 Å².